The number of hydrogen-bond donors (Lipinski definition) is 2. The molecule has 7 heteroatoms. The highest BCUT2D eigenvalue weighted by atomic mass is 16.6. The number of H-pyrrole nitrogens is 1. The van der Waals surface area contributed by atoms with Crippen molar-refractivity contribution in [2.75, 3.05) is 26.4 Å². The first-order valence-corrected chi connectivity index (χ1v) is 6.18. The van der Waals surface area contributed by atoms with E-state index in [0.717, 1.165) is 18.7 Å². The van der Waals surface area contributed by atoms with E-state index in [-0.39, 0.29) is 17.8 Å². The van der Waals surface area contributed by atoms with Crippen molar-refractivity contribution in [3.05, 3.63) is 11.6 Å². The molecule has 1 aliphatic heterocycles. The van der Waals surface area contributed by atoms with Crippen molar-refractivity contribution < 1.29 is 14.3 Å². The van der Waals surface area contributed by atoms with Gasteiger partial charge in [0.15, 0.2) is 0 Å². The number of amides is 1. The van der Waals surface area contributed by atoms with Crippen molar-refractivity contribution in [2.45, 2.75) is 25.9 Å². The van der Waals surface area contributed by atoms with Gasteiger partial charge in [-0.25, -0.2) is 4.98 Å². The van der Waals surface area contributed by atoms with E-state index in [2.05, 4.69) is 20.5 Å². The van der Waals surface area contributed by atoms with Crippen LogP contribution >= 0.6 is 0 Å². The van der Waals surface area contributed by atoms with Crippen LogP contribution in [0.1, 0.15) is 29.8 Å². The van der Waals surface area contributed by atoms with Crippen molar-refractivity contribution in [2.24, 2.45) is 0 Å². The van der Waals surface area contributed by atoms with Gasteiger partial charge in [-0.2, -0.15) is 0 Å². The van der Waals surface area contributed by atoms with Gasteiger partial charge < -0.3 is 14.8 Å². The minimum Gasteiger partial charge on any atom is -0.376 e. The smallest absolute Gasteiger partial charge is 0.291 e. The Hall–Kier alpha value is -1.47. The molecule has 2 N–H and O–H groups in total. The number of carbonyl (C=O) groups excluding carboxylic acids is 1. The van der Waals surface area contributed by atoms with Gasteiger partial charge in [0.2, 0.25) is 5.82 Å². The number of aryl methyl sites for hydroxylation is 1. The van der Waals surface area contributed by atoms with Crippen LogP contribution in [0.4, 0.5) is 0 Å². The highest BCUT2D eigenvalue weighted by Gasteiger charge is 2.17. The molecule has 1 aromatic heterocycles. The maximum absolute atomic E-state index is 11.8. The third-order valence-corrected chi connectivity index (χ3v) is 2.60. The third-order valence-electron chi connectivity index (χ3n) is 2.60. The van der Waals surface area contributed by atoms with Crippen LogP contribution in [0, 0.1) is 0 Å². The monoisotopic (exact) mass is 254 g/mol. The molecule has 0 aliphatic carbocycles. The predicted octanol–water partition coefficient (Wildman–Crippen LogP) is -0.0976. The average Bonchev–Trinajstić information content (AvgIpc) is 2.86. The molecule has 1 fully saturated rings. The van der Waals surface area contributed by atoms with Crippen molar-refractivity contribution >= 4 is 5.91 Å². The lowest BCUT2D eigenvalue weighted by atomic mass is 10.3. The molecule has 0 bridgehead atoms. The normalized spacial score (nSPS) is 19.7. The van der Waals surface area contributed by atoms with E-state index in [0.29, 0.717) is 26.4 Å². The Balaban J connectivity index is 1.79. The molecule has 2 rings (SSSR count). The zero-order valence-corrected chi connectivity index (χ0v) is 10.4. The first-order chi connectivity index (χ1) is 8.79. The zero-order valence-electron chi connectivity index (χ0n) is 10.4. The van der Waals surface area contributed by atoms with E-state index in [9.17, 15) is 4.79 Å². The molecule has 18 heavy (non-hydrogen) atoms. The molecule has 0 radical (unpaired) electrons. The molecule has 2 heterocycles. The van der Waals surface area contributed by atoms with Gasteiger partial charge in [-0.3, -0.25) is 9.89 Å². The second-order valence-corrected chi connectivity index (χ2v) is 4.13. The van der Waals surface area contributed by atoms with Crippen LogP contribution in [0.25, 0.3) is 0 Å². The molecule has 0 spiro atoms. The molecule has 1 aliphatic rings. The van der Waals surface area contributed by atoms with Crippen LogP contribution in [-0.2, 0) is 15.9 Å². The third kappa shape index (κ3) is 3.51. The average molecular weight is 254 g/mol. The van der Waals surface area contributed by atoms with E-state index in [1.54, 1.807) is 0 Å². The topological polar surface area (TPSA) is 89.1 Å². The maximum Gasteiger partial charge on any atom is 0.291 e. The number of carbonyl (C=O) groups is 1. The fourth-order valence-corrected chi connectivity index (χ4v) is 1.69. The molecule has 1 saturated heterocycles. The van der Waals surface area contributed by atoms with E-state index in [1.807, 2.05) is 6.92 Å². The number of hydrogen-bond acceptors (Lipinski definition) is 5. The van der Waals surface area contributed by atoms with Crippen LogP contribution in [0.15, 0.2) is 0 Å². The molecule has 1 aromatic rings. The van der Waals surface area contributed by atoms with Gasteiger partial charge in [0.05, 0.1) is 25.9 Å². The maximum atomic E-state index is 11.8. The predicted molar refractivity (Wildman–Crippen MR) is 63.3 cm³/mol. The molecule has 1 amide bonds. The molecule has 0 saturated carbocycles. The highest BCUT2D eigenvalue weighted by molar-refractivity contribution is 5.90. The Morgan fingerprint density at radius 2 is 2.44 bits per heavy atom. The molecular weight excluding hydrogens is 236 g/mol. The summed E-state index contributed by atoms with van der Waals surface area (Å²) in [6, 6.07) is 0. The summed E-state index contributed by atoms with van der Waals surface area (Å²) in [5.41, 5.74) is 0. The fraction of sp³-hybridized carbons (Fsp3) is 0.727. The lowest BCUT2D eigenvalue weighted by Gasteiger charge is -2.22. The molecule has 1 atom stereocenters. The Labute approximate surface area is 105 Å². The Bertz CT molecular complexity index is 387. The lowest BCUT2D eigenvalue weighted by molar-refractivity contribution is -0.0855. The second-order valence-electron chi connectivity index (χ2n) is 4.13. The van der Waals surface area contributed by atoms with E-state index in [4.69, 9.17) is 9.47 Å². The van der Waals surface area contributed by atoms with Gasteiger partial charge in [-0.05, 0) is 6.42 Å². The molecule has 0 aromatic carbocycles. The summed E-state index contributed by atoms with van der Waals surface area (Å²) in [5, 5.41) is 9.36. The molecule has 7 nitrogen and oxygen atoms in total. The van der Waals surface area contributed by atoms with Gasteiger partial charge in [0.25, 0.3) is 5.91 Å². The van der Waals surface area contributed by atoms with Crippen LogP contribution in [-0.4, -0.2) is 53.6 Å². The lowest BCUT2D eigenvalue weighted by Crippen LogP contribution is -2.40. The van der Waals surface area contributed by atoms with Crippen LogP contribution in [0.5, 0.6) is 0 Å². The summed E-state index contributed by atoms with van der Waals surface area (Å²) in [5.74, 6) is 0.623. The Morgan fingerprint density at radius 3 is 3.17 bits per heavy atom. The quantitative estimate of drug-likeness (QED) is 0.766. The number of nitrogens with zero attached hydrogens (tertiary/aromatic N) is 2. The van der Waals surface area contributed by atoms with Gasteiger partial charge in [0.1, 0.15) is 5.82 Å². The van der Waals surface area contributed by atoms with Gasteiger partial charge >= 0.3 is 0 Å². The summed E-state index contributed by atoms with van der Waals surface area (Å²) in [6.45, 7) is 4.15. The molecular formula is C11H18N4O3. The van der Waals surface area contributed by atoms with Gasteiger partial charge in [0, 0.05) is 13.0 Å². The summed E-state index contributed by atoms with van der Waals surface area (Å²) >= 11 is 0. The van der Waals surface area contributed by atoms with E-state index in [1.165, 1.54) is 0 Å². The Morgan fingerprint density at radius 1 is 1.56 bits per heavy atom. The summed E-state index contributed by atoms with van der Waals surface area (Å²) < 4.78 is 10.7. The molecule has 100 valence electrons. The number of ether oxygens (including phenoxy) is 2. The number of rotatable bonds is 5. The van der Waals surface area contributed by atoms with Crippen LogP contribution in [0.2, 0.25) is 0 Å². The first kappa shape index (κ1) is 13.0. The van der Waals surface area contributed by atoms with Crippen LogP contribution in [0.3, 0.4) is 0 Å². The Kier molecular flexibility index (Phi) is 4.66. The highest BCUT2D eigenvalue weighted by Crippen LogP contribution is 2.00. The standard InChI is InChI=1S/C11H18N4O3/c1-2-3-9-13-10(15-14-9)11(16)12-6-8-7-17-4-5-18-8/h8H,2-7H2,1H3,(H,12,16)(H,13,14,15). The number of aromatic amines is 1. The van der Waals surface area contributed by atoms with Gasteiger partial charge in [-0.15, -0.1) is 5.10 Å². The van der Waals surface area contributed by atoms with Crippen molar-refractivity contribution in [1.82, 2.24) is 20.5 Å². The zero-order chi connectivity index (χ0) is 12.8. The number of aromatic nitrogens is 3. The minimum absolute atomic E-state index is 0.0863. The first-order valence-electron chi connectivity index (χ1n) is 6.18. The van der Waals surface area contributed by atoms with Crippen LogP contribution < -0.4 is 5.32 Å². The summed E-state index contributed by atoms with van der Waals surface area (Å²) in [6.07, 6.45) is 1.67. The van der Waals surface area contributed by atoms with Crippen molar-refractivity contribution in [3.63, 3.8) is 0 Å². The summed E-state index contributed by atoms with van der Waals surface area (Å²) in [7, 11) is 0. The van der Waals surface area contributed by atoms with Crippen molar-refractivity contribution in [1.29, 1.82) is 0 Å². The van der Waals surface area contributed by atoms with Crippen molar-refractivity contribution in [3.8, 4) is 0 Å². The second kappa shape index (κ2) is 6.46. The summed E-state index contributed by atoms with van der Waals surface area (Å²) in [4.78, 5) is 15.9. The molecule has 1 unspecified atom stereocenters. The van der Waals surface area contributed by atoms with Gasteiger partial charge in [-0.1, -0.05) is 6.92 Å². The van der Waals surface area contributed by atoms with E-state index >= 15 is 0 Å². The minimum atomic E-state index is -0.289. The fourth-order valence-electron chi connectivity index (χ4n) is 1.69. The SMILES string of the molecule is CCCc1nc(C(=O)NCC2COCCO2)n[nH]1. The largest absolute Gasteiger partial charge is 0.376 e. The van der Waals surface area contributed by atoms with E-state index < -0.39 is 0 Å². The number of nitrogens with one attached hydrogen (secondary N) is 2.